The number of anilines is 1. The molecule has 3 nitrogen and oxygen atoms in total. The maximum Gasteiger partial charge on any atom is 0.266 e. The Morgan fingerprint density at radius 1 is 1.00 bits per heavy atom. The van der Waals surface area contributed by atoms with Gasteiger partial charge in [0.1, 0.15) is 0 Å². The molecule has 0 aromatic heterocycles. The number of carbonyl (C=O) groups is 2. The van der Waals surface area contributed by atoms with Crippen molar-refractivity contribution in [3.63, 3.8) is 0 Å². The van der Waals surface area contributed by atoms with Crippen LogP contribution in [-0.4, -0.2) is 11.8 Å². The zero-order valence-corrected chi connectivity index (χ0v) is 12.4. The van der Waals surface area contributed by atoms with Crippen LogP contribution < -0.4 is 4.90 Å². The first-order valence-corrected chi connectivity index (χ1v) is 6.84. The highest BCUT2D eigenvalue weighted by Crippen LogP contribution is 2.34. The summed E-state index contributed by atoms with van der Waals surface area (Å²) in [5, 5.41) is 0. The van der Waals surface area contributed by atoms with Gasteiger partial charge in [0.2, 0.25) is 0 Å². The molecule has 0 fully saturated rings. The summed E-state index contributed by atoms with van der Waals surface area (Å²) in [6.45, 7) is 1.74. The minimum Gasteiger partial charge on any atom is -0.268 e. The van der Waals surface area contributed by atoms with Gasteiger partial charge in [0.25, 0.3) is 11.8 Å². The topological polar surface area (TPSA) is 37.4 Å². The van der Waals surface area contributed by atoms with Crippen molar-refractivity contribution in [2.75, 3.05) is 4.90 Å². The van der Waals surface area contributed by atoms with Gasteiger partial charge in [-0.05, 0) is 36.8 Å². The molecule has 0 saturated heterocycles. The normalized spacial score (nSPS) is 13.8. The van der Waals surface area contributed by atoms with Crippen LogP contribution in [0.4, 0.5) is 14.5 Å². The molecule has 2 aromatic rings. The Labute approximate surface area is 127 Å². The summed E-state index contributed by atoms with van der Waals surface area (Å²) in [7, 11) is 0. The molecule has 2 aromatic carbocycles. The predicted molar refractivity (Wildman–Crippen MR) is 76.4 cm³/mol. The van der Waals surface area contributed by atoms with E-state index in [-0.39, 0.29) is 11.1 Å². The third-order valence-electron chi connectivity index (χ3n) is 3.41. The predicted octanol–water partition coefficient (Wildman–Crippen LogP) is 3.84. The number of nitrogens with zero attached hydrogens (tertiary/aromatic N) is 1. The van der Waals surface area contributed by atoms with Crippen LogP contribution in [0, 0.1) is 18.6 Å². The smallest absolute Gasteiger partial charge is 0.266 e. The summed E-state index contributed by atoms with van der Waals surface area (Å²) in [6.07, 6.45) is 0. The second kappa shape index (κ2) is 4.73. The Bertz CT molecular complexity index is 764. The number of rotatable bonds is 1. The number of halogens is 3. The maximum atomic E-state index is 13.3. The van der Waals surface area contributed by atoms with Gasteiger partial charge >= 0.3 is 0 Å². The van der Waals surface area contributed by atoms with Crippen molar-refractivity contribution in [1.82, 2.24) is 0 Å². The molecule has 0 N–H and O–H groups in total. The van der Waals surface area contributed by atoms with E-state index in [2.05, 4.69) is 15.9 Å². The van der Waals surface area contributed by atoms with Crippen molar-refractivity contribution in [3.8, 4) is 0 Å². The molecule has 0 radical (unpaired) electrons. The molecule has 0 unspecified atom stereocenters. The van der Waals surface area contributed by atoms with E-state index in [1.54, 1.807) is 25.1 Å². The maximum absolute atomic E-state index is 13.3. The molecule has 2 amide bonds. The summed E-state index contributed by atoms with van der Waals surface area (Å²) in [5.41, 5.74) is 0.820. The van der Waals surface area contributed by atoms with Crippen molar-refractivity contribution in [2.45, 2.75) is 6.92 Å². The lowest BCUT2D eigenvalue weighted by Gasteiger charge is -2.17. The van der Waals surface area contributed by atoms with Crippen LogP contribution in [0.3, 0.4) is 0 Å². The van der Waals surface area contributed by atoms with Crippen molar-refractivity contribution in [2.24, 2.45) is 0 Å². The van der Waals surface area contributed by atoms with Gasteiger partial charge in [-0.15, -0.1) is 0 Å². The molecular formula is C15H8BrF2NO2. The summed E-state index contributed by atoms with van der Waals surface area (Å²) in [5.74, 6) is -3.62. The second-order valence-corrected chi connectivity index (χ2v) is 5.50. The molecule has 106 valence electrons. The number of hydrogen-bond acceptors (Lipinski definition) is 2. The molecule has 1 aliphatic heterocycles. The molecule has 1 aliphatic rings. The molecule has 1 heterocycles. The molecule has 0 aliphatic carbocycles. The first kappa shape index (κ1) is 13.9. The van der Waals surface area contributed by atoms with Gasteiger partial charge in [-0.2, -0.15) is 0 Å². The molecule has 21 heavy (non-hydrogen) atoms. The first-order valence-electron chi connectivity index (χ1n) is 6.04. The van der Waals surface area contributed by atoms with E-state index in [0.717, 1.165) is 21.5 Å². The van der Waals surface area contributed by atoms with E-state index in [9.17, 15) is 18.4 Å². The minimum absolute atomic E-state index is 0.127. The first-order chi connectivity index (χ1) is 9.91. The van der Waals surface area contributed by atoms with E-state index in [1.807, 2.05) is 0 Å². The number of imide groups is 1. The lowest BCUT2D eigenvalue weighted by Crippen LogP contribution is -2.30. The number of fused-ring (bicyclic) bond motifs is 1. The molecule has 0 bridgehead atoms. The van der Waals surface area contributed by atoms with Crippen LogP contribution in [0.5, 0.6) is 0 Å². The standard InChI is InChI=1S/C15H8BrF2NO2/c1-7-10(16)3-2-4-13(7)19-14(20)8-5-11(17)12(18)6-9(8)15(19)21/h2-6H,1H3. The summed E-state index contributed by atoms with van der Waals surface area (Å²) >= 11 is 3.32. The molecule has 3 rings (SSSR count). The van der Waals surface area contributed by atoms with Gasteiger partial charge in [-0.25, -0.2) is 13.7 Å². The van der Waals surface area contributed by atoms with Gasteiger partial charge in [-0.1, -0.05) is 22.0 Å². The SMILES string of the molecule is Cc1c(Br)cccc1N1C(=O)c2cc(F)c(F)cc2C1=O. The number of benzene rings is 2. The lowest BCUT2D eigenvalue weighted by molar-refractivity contribution is 0.0925. The zero-order chi connectivity index (χ0) is 15.3. The lowest BCUT2D eigenvalue weighted by atomic mass is 10.1. The summed E-state index contributed by atoms with van der Waals surface area (Å²) in [4.78, 5) is 25.6. The number of amides is 2. The van der Waals surface area contributed by atoms with Gasteiger partial charge in [0.05, 0.1) is 16.8 Å². The summed E-state index contributed by atoms with van der Waals surface area (Å²) in [6, 6.07) is 6.58. The van der Waals surface area contributed by atoms with E-state index in [1.165, 1.54) is 0 Å². The molecule has 6 heteroatoms. The fourth-order valence-corrected chi connectivity index (χ4v) is 2.65. The Morgan fingerprint density at radius 3 is 2.05 bits per heavy atom. The minimum atomic E-state index is -1.15. The van der Waals surface area contributed by atoms with Crippen LogP contribution in [0.15, 0.2) is 34.8 Å². The summed E-state index contributed by atoms with van der Waals surface area (Å²) < 4.78 is 27.3. The van der Waals surface area contributed by atoms with E-state index < -0.39 is 23.4 Å². The van der Waals surface area contributed by atoms with E-state index in [0.29, 0.717) is 11.3 Å². The van der Waals surface area contributed by atoms with Crippen LogP contribution in [0.25, 0.3) is 0 Å². The van der Waals surface area contributed by atoms with Crippen LogP contribution in [-0.2, 0) is 0 Å². The van der Waals surface area contributed by atoms with Crippen LogP contribution >= 0.6 is 15.9 Å². The zero-order valence-electron chi connectivity index (χ0n) is 10.8. The monoisotopic (exact) mass is 351 g/mol. The highest BCUT2D eigenvalue weighted by atomic mass is 79.9. The quantitative estimate of drug-likeness (QED) is 0.732. The third-order valence-corrected chi connectivity index (χ3v) is 4.27. The Hall–Kier alpha value is -2.08. The van der Waals surface area contributed by atoms with Crippen molar-refractivity contribution >= 4 is 33.4 Å². The largest absolute Gasteiger partial charge is 0.268 e. The fourth-order valence-electron chi connectivity index (χ4n) is 2.29. The van der Waals surface area contributed by atoms with Crippen molar-refractivity contribution in [1.29, 1.82) is 0 Å². The van der Waals surface area contributed by atoms with Crippen molar-refractivity contribution < 1.29 is 18.4 Å². The number of carbonyl (C=O) groups excluding carboxylic acids is 2. The highest BCUT2D eigenvalue weighted by Gasteiger charge is 2.38. The van der Waals surface area contributed by atoms with Gasteiger partial charge in [0, 0.05) is 4.47 Å². The number of hydrogen-bond donors (Lipinski definition) is 0. The van der Waals surface area contributed by atoms with E-state index >= 15 is 0 Å². The molecule has 0 saturated carbocycles. The average Bonchev–Trinajstić information content (AvgIpc) is 2.67. The Morgan fingerprint density at radius 2 is 1.52 bits per heavy atom. The van der Waals surface area contributed by atoms with E-state index in [4.69, 9.17) is 0 Å². The average molecular weight is 352 g/mol. The second-order valence-electron chi connectivity index (χ2n) is 4.64. The van der Waals surface area contributed by atoms with Gasteiger partial charge in [0.15, 0.2) is 11.6 Å². The molecule has 0 spiro atoms. The van der Waals surface area contributed by atoms with Crippen molar-refractivity contribution in [3.05, 3.63) is 63.1 Å². The van der Waals surface area contributed by atoms with Crippen LogP contribution in [0.1, 0.15) is 26.3 Å². The highest BCUT2D eigenvalue weighted by molar-refractivity contribution is 9.10. The molecular weight excluding hydrogens is 344 g/mol. The Kier molecular flexibility index (Phi) is 3.13. The fraction of sp³-hybridized carbons (Fsp3) is 0.0667. The van der Waals surface area contributed by atoms with Gasteiger partial charge in [-0.3, -0.25) is 9.59 Å². The van der Waals surface area contributed by atoms with Gasteiger partial charge < -0.3 is 0 Å². The Balaban J connectivity index is 2.18. The van der Waals surface area contributed by atoms with Crippen LogP contribution in [0.2, 0.25) is 0 Å². The third kappa shape index (κ3) is 1.98. The molecule has 0 atom stereocenters.